The van der Waals surface area contributed by atoms with Gasteiger partial charge >= 0.3 is 0 Å². The topological polar surface area (TPSA) is 55.1 Å². The number of rotatable bonds is 2. The molecule has 0 aliphatic carbocycles. The number of hydrogen-bond donors (Lipinski definition) is 2. The number of carbonyl (C=O) groups is 1. The molecule has 1 aliphatic rings. The summed E-state index contributed by atoms with van der Waals surface area (Å²) in [5.41, 5.74) is 10.8. The third-order valence-corrected chi connectivity index (χ3v) is 4.30. The van der Waals surface area contributed by atoms with Crippen molar-refractivity contribution < 1.29 is 4.79 Å². The zero-order chi connectivity index (χ0) is 13.3. The van der Waals surface area contributed by atoms with Gasteiger partial charge in [-0.3, -0.25) is 4.79 Å². The molecule has 1 fully saturated rings. The molecule has 1 heterocycles. The van der Waals surface area contributed by atoms with E-state index in [4.69, 9.17) is 5.73 Å². The van der Waals surface area contributed by atoms with Gasteiger partial charge in [-0.25, -0.2) is 0 Å². The van der Waals surface area contributed by atoms with Crippen LogP contribution in [0.25, 0.3) is 0 Å². The molecular formula is C15H22N2O. The van der Waals surface area contributed by atoms with Gasteiger partial charge in [0, 0.05) is 6.54 Å². The van der Waals surface area contributed by atoms with E-state index in [2.05, 4.69) is 38.2 Å². The van der Waals surface area contributed by atoms with E-state index >= 15 is 0 Å². The van der Waals surface area contributed by atoms with Gasteiger partial charge in [-0.2, -0.15) is 0 Å². The van der Waals surface area contributed by atoms with Crippen molar-refractivity contribution in [1.82, 2.24) is 5.32 Å². The van der Waals surface area contributed by atoms with Gasteiger partial charge in [0.25, 0.3) is 0 Å². The van der Waals surface area contributed by atoms with Gasteiger partial charge in [-0.15, -0.1) is 0 Å². The fourth-order valence-electron chi connectivity index (χ4n) is 2.78. The average Bonchev–Trinajstić information content (AvgIpc) is 2.36. The van der Waals surface area contributed by atoms with E-state index in [0.717, 1.165) is 19.4 Å². The van der Waals surface area contributed by atoms with Crippen LogP contribution in [0.3, 0.4) is 0 Å². The average molecular weight is 246 g/mol. The molecule has 0 bridgehead atoms. The maximum atomic E-state index is 11.1. The lowest BCUT2D eigenvalue weighted by Gasteiger charge is -2.29. The molecule has 3 N–H and O–H groups in total. The molecule has 2 rings (SSSR count). The zero-order valence-corrected chi connectivity index (χ0v) is 11.4. The number of amides is 1. The highest BCUT2D eigenvalue weighted by Crippen LogP contribution is 2.30. The first kappa shape index (κ1) is 13.1. The molecule has 3 heteroatoms. The SMILES string of the molecule is Cc1ccc(C2CCC(C(N)=O)NC2)c(C)c1C. The number of carbonyl (C=O) groups excluding carboxylic acids is 1. The summed E-state index contributed by atoms with van der Waals surface area (Å²) < 4.78 is 0. The van der Waals surface area contributed by atoms with E-state index in [1.54, 1.807) is 0 Å². The smallest absolute Gasteiger partial charge is 0.234 e. The van der Waals surface area contributed by atoms with E-state index < -0.39 is 0 Å². The second-order valence-corrected chi connectivity index (χ2v) is 5.36. The van der Waals surface area contributed by atoms with E-state index in [-0.39, 0.29) is 11.9 Å². The molecular weight excluding hydrogens is 224 g/mol. The van der Waals surface area contributed by atoms with Gasteiger partial charge in [-0.05, 0) is 61.8 Å². The molecule has 0 radical (unpaired) electrons. The molecule has 3 nitrogen and oxygen atoms in total. The summed E-state index contributed by atoms with van der Waals surface area (Å²) in [5.74, 6) is 0.269. The number of piperidine rings is 1. The Morgan fingerprint density at radius 3 is 2.50 bits per heavy atom. The molecule has 0 saturated carbocycles. The number of primary amides is 1. The van der Waals surface area contributed by atoms with Gasteiger partial charge < -0.3 is 11.1 Å². The second kappa shape index (κ2) is 5.11. The molecule has 18 heavy (non-hydrogen) atoms. The second-order valence-electron chi connectivity index (χ2n) is 5.36. The van der Waals surface area contributed by atoms with Crippen LogP contribution in [0.1, 0.15) is 41.0 Å². The maximum absolute atomic E-state index is 11.1. The summed E-state index contributed by atoms with van der Waals surface area (Å²) >= 11 is 0. The van der Waals surface area contributed by atoms with Gasteiger partial charge in [0.05, 0.1) is 6.04 Å². The van der Waals surface area contributed by atoms with E-state index in [0.29, 0.717) is 5.92 Å². The Morgan fingerprint density at radius 2 is 1.94 bits per heavy atom. The fraction of sp³-hybridized carbons (Fsp3) is 0.533. The standard InChI is InChI=1S/C15H22N2O/c1-9-4-6-13(11(3)10(9)2)12-5-7-14(15(16)18)17-8-12/h4,6,12,14,17H,5,7-8H2,1-3H3,(H2,16,18). The summed E-state index contributed by atoms with van der Waals surface area (Å²) in [6, 6.07) is 4.28. The van der Waals surface area contributed by atoms with Crippen molar-refractivity contribution in [2.75, 3.05) is 6.54 Å². The van der Waals surface area contributed by atoms with Crippen LogP contribution in [0.5, 0.6) is 0 Å². The number of nitrogens with one attached hydrogen (secondary N) is 1. The van der Waals surface area contributed by atoms with Crippen LogP contribution in [0, 0.1) is 20.8 Å². The molecule has 1 amide bonds. The highest BCUT2D eigenvalue weighted by molar-refractivity contribution is 5.79. The molecule has 1 saturated heterocycles. The Bertz CT molecular complexity index is 460. The van der Waals surface area contributed by atoms with E-state index in [9.17, 15) is 4.79 Å². The normalized spacial score (nSPS) is 23.9. The van der Waals surface area contributed by atoms with Crippen LogP contribution < -0.4 is 11.1 Å². The highest BCUT2D eigenvalue weighted by Gasteiger charge is 2.25. The molecule has 2 atom stereocenters. The van der Waals surface area contributed by atoms with Crippen molar-refractivity contribution in [1.29, 1.82) is 0 Å². The highest BCUT2D eigenvalue weighted by atomic mass is 16.1. The van der Waals surface area contributed by atoms with E-state index in [1.807, 2.05) is 0 Å². The van der Waals surface area contributed by atoms with E-state index in [1.165, 1.54) is 22.3 Å². The molecule has 1 aliphatic heterocycles. The van der Waals surface area contributed by atoms with Crippen molar-refractivity contribution in [2.24, 2.45) is 5.73 Å². The predicted molar refractivity (Wildman–Crippen MR) is 73.6 cm³/mol. The molecule has 1 aromatic rings. The first-order valence-electron chi connectivity index (χ1n) is 6.60. The summed E-state index contributed by atoms with van der Waals surface area (Å²) in [4.78, 5) is 11.1. The van der Waals surface area contributed by atoms with Crippen molar-refractivity contribution in [3.05, 3.63) is 34.4 Å². The number of benzene rings is 1. The minimum atomic E-state index is -0.231. The lowest BCUT2D eigenvalue weighted by molar-refractivity contribution is -0.120. The number of nitrogens with two attached hydrogens (primary N) is 1. The van der Waals surface area contributed by atoms with Gasteiger partial charge in [0.2, 0.25) is 5.91 Å². The van der Waals surface area contributed by atoms with Gasteiger partial charge in [0.15, 0.2) is 0 Å². The molecule has 98 valence electrons. The van der Waals surface area contributed by atoms with Crippen molar-refractivity contribution in [3.8, 4) is 0 Å². The maximum Gasteiger partial charge on any atom is 0.234 e. The lowest BCUT2D eigenvalue weighted by Crippen LogP contribution is -2.46. The van der Waals surface area contributed by atoms with Crippen LogP contribution in [0.2, 0.25) is 0 Å². The Balaban J connectivity index is 2.15. The van der Waals surface area contributed by atoms with Gasteiger partial charge in [0.1, 0.15) is 0 Å². The summed E-state index contributed by atoms with van der Waals surface area (Å²) in [6.07, 6.45) is 1.87. The Kier molecular flexibility index (Phi) is 3.71. The van der Waals surface area contributed by atoms with Crippen molar-refractivity contribution in [3.63, 3.8) is 0 Å². The Hall–Kier alpha value is -1.35. The zero-order valence-electron chi connectivity index (χ0n) is 11.4. The summed E-state index contributed by atoms with van der Waals surface area (Å²) in [7, 11) is 0. The quantitative estimate of drug-likeness (QED) is 0.838. The van der Waals surface area contributed by atoms with Crippen LogP contribution in [-0.2, 0) is 4.79 Å². The molecule has 2 unspecified atom stereocenters. The third kappa shape index (κ3) is 2.41. The van der Waals surface area contributed by atoms with Crippen LogP contribution in [-0.4, -0.2) is 18.5 Å². The lowest BCUT2D eigenvalue weighted by atomic mass is 9.84. The first-order valence-corrected chi connectivity index (χ1v) is 6.60. The monoisotopic (exact) mass is 246 g/mol. The minimum absolute atomic E-state index is 0.145. The molecule has 1 aromatic carbocycles. The Morgan fingerprint density at radius 1 is 1.22 bits per heavy atom. The largest absolute Gasteiger partial charge is 0.368 e. The van der Waals surface area contributed by atoms with Gasteiger partial charge in [-0.1, -0.05) is 12.1 Å². The first-order chi connectivity index (χ1) is 8.50. The Labute approximate surface area is 109 Å². The minimum Gasteiger partial charge on any atom is -0.368 e. The number of hydrogen-bond acceptors (Lipinski definition) is 2. The van der Waals surface area contributed by atoms with Crippen LogP contribution in [0.4, 0.5) is 0 Å². The van der Waals surface area contributed by atoms with Crippen LogP contribution >= 0.6 is 0 Å². The molecule has 0 aromatic heterocycles. The fourth-order valence-corrected chi connectivity index (χ4v) is 2.78. The summed E-state index contributed by atoms with van der Waals surface area (Å²) in [5, 5.41) is 3.25. The van der Waals surface area contributed by atoms with Crippen molar-refractivity contribution >= 4 is 5.91 Å². The molecule has 0 spiro atoms. The third-order valence-electron chi connectivity index (χ3n) is 4.30. The predicted octanol–water partition coefficient (Wildman–Crippen LogP) is 1.93. The number of aryl methyl sites for hydroxylation is 1. The summed E-state index contributed by atoms with van der Waals surface area (Å²) in [6.45, 7) is 7.36. The van der Waals surface area contributed by atoms with Crippen LogP contribution in [0.15, 0.2) is 12.1 Å². The van der Waals surface area contributed by atoms with Crippen molar-refractivity contribution in [2.45, 2.75) is 45.6 Å².